The topological polar surface area (TPSA) is 77.8 Å². The molecule has 0 aliphatic heterocycles. The number of fused-ring (bicyclic) bond motifs is 1. The molecule has 2 rings (SSSR count). The number of unbranched alkanes of at least 4 members (excludes halogenated alkanes) is 1. The van der Waals surface area contributed by atoms with Crippen molar-refractivity contribution in [2.75, 3.05) is 11.5 Å². The Hall–Kier alpha value is -1.04. The Kier molecular flexibility index (Phi) is 4.04. The Bertz CT molecular complexity index is 527. The minimum absolute atomic E-state index is 0.256. The monoisotopic (exact) mass is 336 g/mol. The molecule has 2 aromatic rings. The first-order chi connectivity index (χ1) is 8.22. The van der Waals surface area contributed by atoms with E-state index >= 15 is 0 Å². The van der Waals surface area contributed by atoms with Gasteiger partial charge in [0, 0.05) is 0 Å². The summed E-state index contributed by atoms with van der Waals surface area (Å²) in [5.74, 6) is 0.784. The number of hydrogen-bond donors (Lipinski definition) is 2. The van der Waals surface area contributed by atoms with Crippen LogP contribution in [-0.2, 0) is 0 Å². The summed E-state index contributed by atoms with van der Waals surface area (Å²) in [6, 6.07) is 6.16. The van der Waals surface area contributed by atoms with E-state index in [0.717, 1.165) is 10.9 Å². The molecule has 0 spiro atoms. The third-order valence-electron chi connectivity index (χ3n) is 2.61. The summed E-state index contributed by atoms with van der Waals surface area (Å²) < 4.78 is 2.72. The van der Waals surface area contributed by atoms with E-state index in [1.54, 1.807) is 0 Å². The van der Waals surface area contributed by atoms with Crippen LogP contribution in [0.5, 0.6) is 0 Å². The van der Waals surface area contributed by atoms with Crippen LogP contribution >= 0.6 is 0 Å². The molecule has 5 heteroatoms. The molecule has 0 saturated carbocycles. The molecule has 0 fully saturated rings. The van der Waals surface area contributed by atoms with Gasteiger partial charge in [-0.15, -0.1) is 0 Å². The fourth-order valence-electron chi connectivity index (χ4n) is 1.78. The molecule has 17 heavy (non-hydrogen) atoms. The molecule has 0 aliphatic rings. The quantitative estimate of drug-likeness (QED) is 0.653. The molecule has 1 aromatic heterocycles. The van der Waals surface area contributed by atoms with Gasteiger partial charge in [-0.25, -0.2) is 0 Å². The second-order valence-electron chi connectivity index (χ2n) is 3.95. The van der Waals surface area contributed by atoms with E-state index in [0.29, 0.717) is 5.82 Å². The van der Waals surface area contributed by atoms with E-state index in [1.165, 1.54) is 20.9 Å². The summed E-state index contributed by atoms with van der Waals surface area (Å²) in [5.41, 5.74) is 12.4. The van der Waals surface area contributed by atoms with Gasteiger partial charge in [-0.3, -0.25) is 0 Å². The maximum absolute atomic E-state index is 5.96. The van der Waals surface area contributed by atoms with Crippen LogP contribution < -0.4 is 15.0 Å². The van der Waals surface area contributed by atoms with Crippen molar-refractivity contribution in [2.45, 2.75) is 24.2 Å². The molecule has 4 N–H and O–H groups in total. The van der Waals surface area contributed by atoms with Crippen LogP contribution in [0.2, 0.25) is 4.44 Å². The molecule has 0 saturated heterocycles. The fraction of sp³-hybridized carbons (Fsp3) is 0.333. The van der Waals surface area contributed by atoms with E-state index in [-0.39, 0.29) is 5.95 Å². The Labute approximate surface area is 111 Å². The van der Waals surface area contributed by atoms with Crippen molar-refractivity contribution in [2.24, 2.45) is 0 Å². The van der Waals surface area contributed by atoms with Gasteiger partial charge in [0.05, 0.1) is 0 Å². The second kappa shape index (κ2) is 5.53. The summed E-state index contributed by atoms with van der Waals surface area (Å²) in [6.45, 7) is 2.22. The van der Waals surface area contributed by atoms with E-state index in [4.69, 9.17) is 11.5 Å². The third kappa shape index (κ3) is 2.80. The van der Waals surface area contributed by atoms with E-state index in [1.807, 2.05) is 12.1 Å². The maximum atomic E-state index is 5.96. The molecule has 4 nitrogen and oxygen atoms in total. The summed E-state index contributed by atoms with van der Waals surface area (Å²) in [4.78, 5) is 8.30. The van der Waals surface area contributed by atoms with E-state index in [9.17, 15) is 0 Å². The molecule has 0 unspecified atom stereocenters. The van der Waals surface area contributed by atoms with Gasteiger partial charge in [0.2, 0.25) is 0 Å². The number of nitrogen functional groups attached to an aromatic ring is 2. The normalized spacial score (nSPS) is 10.9. The summed E-state index contributed by atoms with van der Waals surface area (Å²) >= 11 is -0.569. The van der Waals surface area contributed by atoms with Crippen molar-refractivity contribution in [3.63, 3.8) is 0 Å². The molecular formula is C12H16N4Sn. The average molecular weight is 335 g/mol. The van der Waals surface area contributed by atoms with Crippen LogP contribution in [-0.4, -0.2) is 31.1 Å². The van der Waals surface area contributed by atoms with Crippen LogP contribution in [0.4, 0.5) is 11.8 Å². The van der Waals surface area contributed by atoms with Crippen molar-refractivity contribution in [3.05, 3.63) is 18.2 Å². The Morgan fingerprint density at radius 1 is 1.24 bits per heavy atom. The van der Waals surface area contributed by atoms with E-state index < -0.39 is 21.1 Å². The first-order valence-corrected chi connectivity index (χ1v) is 9.22. The Balaban J connectivity index is 2.42. The molecule has 0 aliphatic carbocycles. The van der Waals surface area contributed by atoms with Crippen LogP contribution in [0.15, 0.2) is 18.2 Å². The predicted molar refractivity (Wildman–Crippen MR) is 73.5 cm³/mol. The molecule has 2 radical (unpaired) electrons. The molecule has 0 amide bonds. The standard InChI is InChI=1S/C8H7N4.C4H9.Sn/c9-7-5-3-1-2-4-6(5)11-8(10)12-7;1-3-4-2;/h1-2,4H,(H4,9,10,11,12);1,3-4H2,2H3;. The average Bonchev–Trinajstić information content (AvgIpc) is 2.28. The molecule has 0 atom stereocenters. The van der Waals surface area contributed by atoms with Crippen molar-refractivity contribution in [1.82, 2.24) is 9.97 Å². The van der Waals surface area contributed by atoms with Crippen LogP contribution in [0.1, 0.15) is 19.8 Å². The summed E-state index contributed by atoms with van der Waals surface area (Å²) in [5, 5.41) is 1.03. The van der Waals surface area contributed by atoms with Crippen molar-refractivity contribution in [3.8, 4) is 0 Å². The number of hydrogen-bond acceptors (Lipinski definition) is 4. The molecule has 0 bridgehead atoms. The second-order valence-corrected chi connectivity index (χ2v) is 7.92. The first-order valence-electron chi connectivity index (χ1n) is 5.78. The first kappa shape index (κ1) is 12.4. The molecule has 1 heterocycles. The van der Waals surface area contributed by atoms with Gasteiger partial charge in [0.15, 0.2) is 0 Å². The van der Waals surface area contributed by atoms with E-state index in [2.05, 4.69) is 23.0 Å². The number of anilines is 2. The molecule has 88 valence electrons. The third-order valence-corrected chi connectivity index (χ3v) is 6.61. The number of nitrogens with two attached hydrogens (primary N) is 2. The Morgan fingerprint density at radius 3 is 2.82 bits per heavy atom. The number of nitrogens with zero attached hydrogens (tertiary/aromatic N) is 2. The number of benzene rings is 1. The minimum atomic E-state index is -0.569. The van der Waals surface area contributed by atoms with Gasteiger partial charge in [0.25, 0.3) is 0 Å². The van der Waals surface area contributed by atoms with Crippen LogP contribution in [0.25, 0.3) is 10.9 Å². The molecule has 1 aromatic carbocycles. The van der Waals surface area contributed by atoms with Crippen LogP contribution in [0, 0.1) is 0 Å². The zero-order valence-corrected chi connectivity index (χ0v) is 12.8. The van der Waals surface area contributed by atoms with Crippen LogP contribution in [0.3, 0.4) is 0 Å². The number of aromatic nitrogens is 2. The zero-order chi connectivity index (χ0) is 12.3. The van der Waals surface area contributed by atoms with Gasteiger partial charge >= 0.3 is 111 Å². The molecular weight excluding hydrogens is 319 g/mol. The zero-order valence-electron chi connectivity index (χ0n) is 9.90. The Morgan fingerprint density at radius 2 is 2.06 bits per heavy atom. The van der Waals surface area contributed by atoms with Gasteiger partial charge in [-0.05, 0) is 0 Å². The fourth-order valence-corrected chi connectivity index (χ4v) is 5.91. The summed E-state index contributed by atoms with van der Waals surface area (Å²) in [6.07, 6.45) is 2.56. The van der Waals surface area contributed by atoms with Gasteiger partial charge < -0.3 is 0 Å². The SMILES string of the molecule is CCC[CH2][Sn][c]1cccc2nc(N)nc(N)c12. The van der Waals surface area contributed by atoms with Crippen molar-refractivity contribution >= 4 is 47.4 Å². The number of rotatable bonds is 4. The van der Waals surface area contributed by atoms with Crippen molar-refractivity contribution in [1.29, 1.82) is 0 Å². The summed E-state index contributed by atoms with van der Waals surface area (Å²) in [7, 11) is 0. The van der Waals surface area contributed by atoms with Gasteiger partial charge in [-0.2, -0.15) is 0 Å². The van der Waals surface area contributed by atoms with Crippen molar-refractivity contribution < 1.29 is 0 Å². The predicted octanol–water partition coefficient (Wildman–Crippen LogP) is 1.34. The van der Waals surface area contributed by atoms with Gasteiger partial charge in [-0.1, -0.05) is 0 Å². The van der Waals surface area contributed by atoms with Gasteiger partial charge in [0.1, 0.15) is 0 Å².